The summed E-state index contributed by atoms with van der Waals surface area (Å²) in [6.45, 7) is 5.80. The first kappa shape index (κ1) is 16.7. The normalized spacial score (nSPS) is 23.4. The van der Waals surface area contributed by atoms with Gasteiger partial charge in [-0.25, -0.2) is 4.39 Å². The van der Waals surface area contributed by atoms with Crippen LogP contribution in [0.5, 0.6) is 0 Å². The molecule has 1 aliphatic heterocycles. The Bertz CT molecular complexity index is 408. The number of halogens is 3. The Labute approximate surface area is 125 Å². The summed E-state index contributed by atoms with van der Waals surface area (Å²) in [5.41, 5.74) is 6.62. The molecule has 19 heavy (non-hydrogen) atoms. The van der Waals surface area contributed by atoms with Gasteiger partial charge in [0.1, 0.15) is 5.82 Å². The second-order valence-corrected chi connectivity index (χ2v) is 5.90. The van der Waals surface area contributed by atoms with E-state index in [0.29, 0.717) is 23.6 Å². The summed E-state index contributed by atoms with van der Waals surface area (Å²) >= 11 is 6.02. The van der Waals surface area contributed by atoms with E-state index in [2.05, 4.69) is 11.8 Å². The average molecular weight is 307 g/mol. The van der Waals surface area contributed by atoms with Crippen LogP contribution >= 0.6 is 24.0 Å². The number of likely N-dealkylation sites (tertiary alicyclic amines) is 1. The van der Waals surface area contributed by atoms with Gasteiger partial charge < -0.3 is 10.6 Å². The van der Waals surface area contributed by atoms with Crippen molar-refractivity contribution in [3.05, 3.63) is 34.6 Å². The van der Waals surface area contributed by atoms with E-state index in [-0.39, 0.29) is 23.6 Å². The molecule has 0 aromatic heterocycles. The van der Waals surface area contributed by atoms with Gasteiger partial charge in [-0.3, -0.25) is 0 Å². The Balaban J connectivity index is 0.00000180. The molecule has 1 atom stereocenters. The lowest BCUT2D eigenvalue weighted by molar-refractivity contribution is 0.282. The van der Waals surface area contributed by atoms with Crippen molar-refractivity contribution in [2.75, 3.05) is 26.2 Å². The molecule has 2 rings (SSSR count). The zero-order chi connectivity index (χ0) is 13.2. The van der Waals surface area contributed by atoms with E-state index in [0.717, 1.165) is 26.1 Å². The summed E-state index contributed by atoms with van der Waals surface area (Å²) in [7, 11) is 0. The molecule has 2 N–H and O–H groups in total. The summed E-state index contributed by atoms with van der Waals surface area (Å²) in [5.74, 6) is -0.205. The summed E-state index contributed by atoms with van der Waals surface area (Å²) in [6.07, 6.45) is 1.78. The first-order valence-electron chi connectivity index (χ1n) is 6.39. The number of hydrogen-bond acceptors (Lipinski definition) is 2. The predicted molar refractivity (Wildman–Crippen MR) is 80.6 cm³/mol. The van der Waals surface area contributed by atoms with Crippen LogP contribution in [0.3, 0.4) is 0 Å². The summed E-state index contributed by atoms with van der Waals surface area (Å²) in [4.78, 5) is 2.34. The molecule has 0 bridgehead atoms. The third kappa shape index (κ3) is 4.06. The molecule has 1 aromatic rings. The monoisotopic (exact) mass is 306 g/mol. The second-order valence-electron chi connectivity index (χ2n) is 5.49. The fourth-order valence-electron chi connectivity index (χ4n) is 2.52. The third-order valence-electron chi connectivity index (χ3n) is 3.87. The number of hydrogen-bond donors (Lipinski definition) is 1. The van der Waals surface area contributed by atoms with E-state index in [1.807, 2.05) is 0 Å². The molecule has 1 fully saturated rings. The average Bonchev–Trinajstić information content (AvgIpc) is 2.72. The highest BCUT2D eigenvalue weighted by Gasteiger charge is 2.32. The Morgan fingerprint density at radius 3 is 2.79 bits per heavy atom. The summed E-state index contributed by atoms with van der Waals surface area (Å²) in [6, 6.07) is 4.85. The molecule has 2 nitrogen and oxygen atoms in total. The molecule has 1 aromatic carbocycles. The van der Waals surface area contributed by atoms with E-state index in [1.54, 1.807) is 12.1 Å². The fraction of sp³-hybridized carbons (Fsp3) is 0.571. The van der Waals surface area contributed by atoms with Crippen molar-refractivity contribution in [2.45, 2.75) is 19.8 Å². The van der Waals surface area contributed by atoms with Crippen LogP contribution in [-0.2, 0) is 6.42 Å². The predicted octanol–water partition coefficient (Wildman–Crippen LogP) is 3.11. The van der Waals surface area contributed by atoms with Crippen LogP contribution < -0.4 is 5.73 Å². The Morgan fingerprint density at radius 1 is 1.47 bits per heavy atom. The second kappa shape index (κ2) is 6.89. The van der Waals surface area contributed by atoms with Crippen molar-refractivity contribution in [2.24, 2.45) is 11.1 Å². The van der Waals surface area contributed by atoms with Gasteiger partial charge in [-0.15, -0.1) is 12.4 Å². The van der Waals surface area contributed by atoms with Crippen LogP contribution in [0.15, 0.2) is 18.2 Å². The van der Waals surface area contributed by atoms with E-state index < -0.39 is 0 Å². The van der Waals surface area contributed by atoms with Crippen molar-refractivity contribution in [1.82, 2.24) is 4.90 Å². The lowest BCUT2D eigenvalue weighted by atomic mass is 9.90. The van der Waals surface area contributed by atoms with Crippen molar-refractivity contribution in [1.29, 1.82) is 0 Å². The minimum Gasteiger partial charge on any atom is -0.330 e. The highest BCUT2D eigenvalue weighted by atomic mass is 35.5. The van der Waals surface area contributed by atoms with Gasteiger partial charge in [-0.2, -0.15) is 0 Å². The van der Waals surface area contributed by atoms with Crippen LogP contribution in [0.4, 0.5) is 4.39 Å². The lowest BCUT2D eigenvalue weighted by Crippen LogP contribution is -2.32. The minimum atomic E-state index is -0.205. The van der Waals surface area contributed by atoms with Crippen molar-refractivity contribution in [3.8, 4) is 0 Å². The number of benzene rings is 1. The number of nitrogens with two attached hydrogens (primary N) is 1. The van der Waals surface area contributed by atoms with Crippen LogP contribution in [0.2, 0.25) is 5.02 Å². The zero-order valence-electron chi connectivity index (χ0n) is 11.2. The molecule has 1 unspecified atom stereocenters. The molecule has 0 amide bonds. The molecular weight excluding hydrogens is 286 g/mol. The largest absolute Gasteiger partial charge is 0.330 e. The van der Waals surface area contributed by atoms with Gasteiger partial charge in [0, 0.05) is 23.7 Å². The zero-order valence-corrected chi connectivity index (χ0v) is 12.7. The van der Waals surface area contributed by atoms with Crippen molar-refractivity contribution < 1.29 is 4.39 Å². The maximum Gasteiger partial charge on any atom is 0.127 e. The summed E-state index contributed by atoms with van der Waals surface area (Å²) in [5, 5.41) is 0.524. The molecular formula is C14H21Cl2FN2. The maximum atomic E-state index is 13.6. The molecule has 1 aliphatic rings. The van der Waals surface area contributed by atoms with E-state index in [1.165, 1.54) is 6.07 Å². The van der Waals surface area contributed by atoms with Crippen LogP contribution in [-0.4, -0.2) is 31.1 Å². The third-order valence-corrected chi connectivity index (χ3v) is 4.22. The van der Waals surface area contributed by atoms with Gasteiger partial charge in [0.2, 0.25) is 0 Å². The SMILES string of the molecule is CC1(CN)CCN(CCc2c(F)cccc2Cl)C1.Cl. The highest BCUT2D eigenvalue weighted by Crippen LogP contribution is 2.29. The fourth-order valence-corrected chi connectivity index (χ4v) is 2.78. The Kier molecular flexibility index (Phi) is 6.06. The van der Waals surface area contributed by atoms with Gasteiger partial charge >= 0.3 is 0 Å². The van der Waals surface area contributed by atoms with E-state index in [9.17, 15) is 4.39 Å². The first-order chi connectivity index (χ1) is 8.54. The van der Waals surface area contributed by atoms with Crippen molar-refractivity contribution in [3.63, 3.8) is 0 Å². The Hall–Kier alpha value is -0.350. The molecule has 0 saturated carbocycles. The topological polar surface area (TPSA) is 29.3 Å². The standard InChI is InChI=1S/C14H20ClFN2.ClH/c1-14(9-17)6-8-18(10-14)7-5-11-12(15)3-2-4-13(11)16;/h2-4H,5-10,17H2,1H3;1H. The highest BCUT2D eigenvalue weighted by molar-refractivity contribution is 6.31. The minimum absolute atomic E-state index is 0. The Morgan fingerprint density at radius 2 is 2.21 bits per heavy atom. The quantitative estimate of drug-likeness (QED) is 0.926. The molecule has 108 valence electrons. The molecule has 1 heterocycles. The molecule has 0 aliphatic carbocycles. The van der Waals surface area contributed by atoms with Gasteiger partial charge in [0.15, 0.2) is 0 Å². The molecule has 1 saturated heterocycles. The van der Waals surface area contributed by atoms with Gasteiger partial charge in [0.05, 0.1) is 0 Å². The van der Waals surface area contributed by atoms with Crippen LogP contribution in [0, 0.1) is 11.2 Å². The van der Waals surface area contributed by atoms with E-state index in [4.69, 9.17) is 17.3 Å². The molecule has 0 spiro atoms. The van der Waals surface area contributed by atoms with Crippen molar-refractivity contribution >= 4 is 24.0 Å². The van der Waals surface area contributed by atoms with Gasteiger partial charge in [-0.05, 0) is 43.5 Å². The smallest absolute Gasteiger partial charge is 0.127 e. The maximum absolute atomic E-state index is 13.6. The molecule has 0 radical (unpaired) electrons. The van der Waals surface area contributed by atoms with Crippen LogP contribution in [0.25, 0.3) is 0 Å². The van der Waals surface area contributed by atoms with Crippen LogP contribution in [0.1, 0.15) is 18.9 Å². The molecule has 5 heteroatoms. The lowest BCUT2D eigenvalue weighted by Gasteiger charge is -2.22. The van der Waals surface area contributed by atoms with E-state index >= 15 is 0 Å². The first-order valence-corrected chi connectivity index (χ1v) is 6.77. The van der Waals surface area contributed by atoms with Gasteiger partial charge in [-0.1, -0.05) is 24.6 Å². The summed E-state index contributed by atoms with van der Waals surface area (Å²) < 4.78 is 13.6. The number of rotatable bonds is 4. The van der Waals surface area contributed by atoms with Gasteiger partial charge in [0.25, 0.3) is 0 Å². The number of nitrogens with zero attached hydrogens (tertiary/aromatic N) is 1.